The quantitative estimate of drug-likeness (QED) is 0.826. The summed E-state index contributed by atoms with van der Waals surface area (Å²) in [4.78, 5) is 1.10. The Morgan fingerprint density at radius 2 is 2.10 bits per heavy atom. The van der Waals surface area contributed by atoms with Gasteiger partial charge in [-0.1, -0.05) is 36.2 Å². The zero-order valence-electron chi connectivity index (χ0n) is 11.7. The van der Waals surface area contributed by atoms with Gasteiger partial charge in [0.15, 0.2) is 0 Å². The van der Waals surface area contributed by atoms with Gasteiger partial charge in [-0.15, -0.1) is 11.3 Å². The summed E-state index contributed by atoms with van der Waals surface area (Å²) in [5.74, 6) is 0.752. The molecule has 20 heavy (non-hydrogen) atoms. The minimum absolute atomic E-state index is 0.00426. The van der Waals surface area contributed by atoms with Gasteiger partial charge in [-0.05, 0) is 42.1 Å². The molecule has 1 atom stereocenters. The molecule has 1 aromatic carbocycles. The number of hydrogen-bond donors (Lipinski definition) is 1. The SMILES string of the molecule is CCNC(c1ccc(OC)cc1Cl)c1scc(C)c1Cl. The molecule has 2 rings (SSSR count). The molecule has 1 aromatic heterocycles. The van der Waals surface area contributed by atoms with Crippen LogP contribution in [0.4, 0.5) is 0 Å². The molecule has 0 aliphatic rings. The van der Waals surface area contributed by atoms with E-state index in [0.717, 1.165) is 33.3 Å². The normalized spacial score (nSPS) is 12.4. The second-order valence-corrected chi connectivity index (χ2v) is 6.17. The molecule has 5 heteroatoms. The van der Waals surface area contributed by atoms with E-state index >= 15 is 0 Å². The second-order valence-electron chi connectivity index (χ2n) is 4.48. The Labute approximate surface area is 133 Å². The van der Waals surface area contributed by atoms with Crippen LogP contribution in [0.1, 0.15) is 29.0 Å². The van der Waals surface area contributed by atoms with Crippen molar-refractivity contribution >= 4 is 34.5 Å². The number of hydrogen-bond acceptors (Lipinski definition) is 3. The molecule has 0 amide bonds. The van der Waals surface area contributed by atoms with Crippen LogP contribution in [0, 0.1) is 6.92 Å². The van der Waals surface area contributed by atoms with E-state index in [4.69, 9.17) is 27.9 Å². The Bertz CT molecular complexity index is 598. The van der Waals surface area contributed by atoms with Crippen molar-refractivity contribution in [2.75, 3.05) is 13.7 Å². The first-order chi connectivity index (χ1) is 9.58. The number of methoxy groups -OCH3 is 1. The van der Waals surface area contributed by atoms with E-state index in [-0.39, 0.29) is 6.04 Å². The Morgan fingerprint density at radius 3 is 2.60 bits per heavy atom. The lowest BCUT2D eigenvalue weighted by Crippen LogP contribution is -2.21. The average molecular weight is 330 g/mol. The third kappa shape index (κ3) is 3.12. The van der Waals surface area contributed by atoms with Crippen molar-refractivity contribution < 1.29 is 4.74 Å². The fourth-order valence-corrected chi connectivity index (χ4v) is 3.74. The average Bonchev–Trinajstić information content (AvgIpc) is 2.77. The standard InChI is InChI=1S/C15H17Cl2NOS/c1-4-18-14(15-13(17)9(2)8-20-15)11-6-5-10(19-3)7-12(11)16/h5-8,14,18H,4H2,1-3H3. The number of benzene rings is 1. The molecule has 1 unspecified atom stereocenters. The number of nitrogens with one attached hydrogen (secondary N) is 1. The highest BCUT2D eigenvalue weighted by molar-refractivity contribution is 7.10. The summed E-state index contributed by atoms with van der Waals surface area (Å²) < 4.78 is 5.19. The van der Waals surface area contributed by atoms with Crippen LogP contribution < -0.4 is 10.1 Å². The smallest absolute Gasteiger partial charge is 0.120 e. The molecule has 0 saturated heterocycles. The predicted molar refractivity (Wildman–Crippen MR) is 87.6 cm³/mol. The lowest BCUT2D eigenvalue weighted by molar-refractivity contribution is 0.414. The Morgan fingerprint density at radius 1 is 1.35 bits per heavy atom. The first-order valence-electron chi connectivity index (χ1n) is 6.38. The monoisotopic (exact) mass is 329 g/mol. The summed E-state index contributed by atoms with van der Waals surface area (Å²) >= 11 is 14.4. The maximum absolute atomic E-state index is 6.40. The van der Waals surface area contributed by atoms with Gasteiger partial charge in [0.25, 0.3) is 0 Å². The molecule has 1 N–H and O–H groups in total. The molecular weight excluding hydrogens is 313 g/mol. The predicted octanol–water partition coefficient (Wildman–Crippen LogP) is 5.07. The van der Waals surface area contributed by atoms with Crippen molar-refractivity contribution in [2.24, 2.45) is 0 Å². The Kier molecular flexibility index (Phi) is 5.33. The van der Waals surface area contributed by atoms with E-state index in [0.29, 0.717) is 5.02 Å². The first-order valence-corrected chi connectivity index (χ1v) is 8.02. The van der Waals surface area contributed by atoms with E-state index in [1.54, 1.807) is 18.4 Å². The van der Waals surface area contributed by atoms with Gasteiger partial charge >= 0.3 is 0 Å². The number of rotatable bonds is 5. The molecule has 2 aromatic rings. The van der Waals surface area contributed by atoms with Crippen LogP contribution in [0.15, 0.2) is 23.6 Å². The van der Waals surface area contributed by atoms with E-state index in [1.165, 1.54) is 0 Å². The van der Waals surface area contributed by atoms with Crippen molar-refractivity contribution in [3.8, 4) is 5.75 Å². The maximum Gasteiger partial charge on any atom is 0.120 e. The van der Waals surface area contributed by atoms with Crippen molar-refractivity contribution in [2.45, 2.75) is 19.9 Å². The summed E-state index contributed by atoms with van der Waals surface area (Å²) in [5.41, 5.74) is 2.11. The van der Waals surface area contributed by atoms with Crippen molar-refractivity contribution in [1.82, 2.24) is 5.32 Å². The van der Waals surface area contributed by atoms with Gasteiger partial charge in [-0.3, -0.25) is 0 Å². The maximum atomic E-state index is 6.40. The molecule has 2 nitrogen and oxygen atoms in total. The highest BCUT2D eigenvalue weighted by atomic mass is 35.5. The van der Waals surface area contributed by atoms with Crippen LogP contribution in [0.25, 0.3) is 0 Å². The third-order valence-corrected chi connectivity index (χ3v) is 5.22. The molecule has 0 radical (unpaired) electrons. The molecule has 1 heterocycles. The molecule has 108 valence electrons. The Balaban J connectivity index is 2.46. The summed E-state index contributed by atoms with van der Waals surface area (Å²) in [5, 5.41) is 7.01. The zero-order valence-corrected chi connectivity index (χ0v) is 14.0. The number of ether oxygens (including phenoxy) is 1. The van der Waals surface area contributed by atoms with Crippen molar-refractivity contribution in [3.63, 3.8) is 0 Å². The highest BCUT2D eigenvalue weighted by Crippen LogP contribution is 2.38. The van der Waals surface area contributed by atoms with E-state index in [2.05, 4.69) is 17.6 Å². The van der Waals surface area contributed by atoms with Gasteiger partial charge in [0.2, 0.25) is 0 Å². The molecule has 0 fully saturated rings. The van der Waals surface area contributed by atoms with Gasteiger partial charge in [0.05, 0.1) is 18.2 Å². The number of halogens is 2. The van der Waals surface area contributed by atoms with Crippen LogP contribution in [0.5, 0.6) is 5.75 Å². The first kappa shape index (κ1) is 15.6. The van der Waals surface area contributed by atoms with Gasteiger partial charge in [0, 0.05) is 9.90 Å². The van der Waals surface area contributed by atoms with Crippen LogP contribution in [0.2, 0.25) is 10.0 Å². The highest BCUT2D eigenvalue weighted by Gasteiger charge is 2.21. The van der Waals surface area contributed by atoms with Gasteiger partial charge < -0.3 is 10.1 Å². The zero-order chi connectivity index (χ0) is 14.7. The molecule has 0 bridgehead atoms. The fourth-order valence-electron chi connectivity index (χ4n) is 2.06. The van der Waals surface area contributed by atoms with Crippen LogP contribution >= 0.6 is 34.5 Å². The third-order valence-electron chi connectivity index (χ3n) is 3.11. The van der Waals surface area contributed by atoms with Gasteiger partial charge in [0.1, 0.15) is 5.75 Å². The van der Waals surface area contributed by atoms with Crippen LogP contribution in [-0.4, -0.2) is 13.7 Å². The lowest BCUT2D eigenvalue weighted by atomic mass is 10.0. The summed E-state index contributed by atoms with van der Waals surface area (Å²) in [6.07, 6.45) is 0. The summed E-state index contributed by atoms with van der Waals surface area (Å²) in [6.45, 7) is 4.92. The molecule has 0 saturated carbocycles. The minimum Gasteiger partial charge on any atom is -0.497 e. The molecular formula is C15H17Cl2NOS. The van der Waals surface area contributed by atoms with Gasteiger partial charge in [-0.25, -0.2) is 0 Å². The lowest BCUT2D eigenvalue weighted by Gasteiger charge is -2.19. The second kappa shape index (κ2) is 6.81. The molecule has 0 aliphatic carbocycles. The molecule has 0 aliphatic heterocycles. The van der Waals surface area contributed by atoms with Crippen LogP contribution in [-0.2, 0) is 0 Å². The van der Waals surface area contributed by atoms with E-state index in [9.17, 15) is 0 Å². The molecule has 0 spiro atoms. The topological polar surface area (TPSA) is 21.3 Å². The summed E-state index contributed by atoms with van der Waals surface area (Å²) in [7, 11) is 1.63. The number of thiophene rings is 1. The van der Waals surface area contributed by atoms with E-state index < -0.39 is 0 Å². The van der Waals surface area contributed by atoms with Crippen LogP contribution in [0.3, 0.4) is 0 Å². The van der Waals surface area contributed by atoms with Crippen molar-refractivity contribution in [1.29, 1.82) is 0 Å². The van der Waals surface area contributed by atoms with Crippen molar-refractivity contribution in [3.05, 3.63) is 49.6 Å². The fraction of sp³-hybridized carbons (Fsp3) is 0.333. The number of aryl methyl sites for hydroxylation is 1. The largest absolute Gasteiger partial charge is 0.497 e. The summed E-state index contributed by atoms with van der Waals surface area (Å²) in [6, 6.07) is 5.74. The Hall–Kier alpha value is -0.740. The van der Waals surface area contributed by atoms with Gasteiger partial charge in [-0.2, -0.15) is 0 Å². The minimum atomic E-state index is 0.00426. The van der Waals surface area contributed by atoms with E-state index in [1.807, 2.05) is 25.1 Å².